The summed E-state index contributed by atoms with van der Waals surface area (Å²) in [5.74, 6) is 0. The molecule has 1 N–H and O–H groups in total. The van der Waals surface area contributed by atoms with Crippen molar-refractivity contribution in [2.75, 3.05) is 25.0 Å². The molecule has 1 aromatic heterocycles. The van der Waals surface area contributed by atoms with Crippen molar-refractivity contribution in [3.05, 3.63) is 12.4 Å². The van der Waals surface area contributed by atoms with E-state index < -0.39 is 0 Å². The van der Waals surface area contributed by atoms with Crippen LogP contribution in [0, 0.1) is 0 Å². The van der Waals surface area contributed by atoms with Crippen LogP contribution in [0.1, 0.15) is 12.8 Å². The van der Waals surface area contributed by atoms with Gasteiger partial charge in [-0.3, -0.25) is 4.68 Å². The van der Waals surface area contributed by atoms with Gasteiger partial charge in [-0.25, -0.2) is 0 Å². The summed E-state index contributed by atoms with van der Waals surface area (Å²) in [6.45, 7) is 2.27. The lowest BCUT2D eigenvalue weighted by atomic mass is 10.1. The summed E-state index contributed by atoms with van der Waals surface area (Å²) < 4.78 is 1.86. The Balaban J connectivity index is 1.95. The van der Waals surface area contributed by atoms with Gasteiger partial charge in [-0.05, 0) is 19.9 Å². The molecule has 0 atom stereocenters. The molecule has 0 radical (unpaired) electrons. The molecule has 4 nitrogen and oxygen atoms in total. The van der Waals surface area contributed by atoms with E-state index in [0.29, 0.717) is 6.04 Å². The van der Waals surface area contributed by atoms with Crippen molar-refractivity contribution in [3.63, 3.8) is 0 Å². The first-order valence-corrected chi connectivity index (χ1v) is 5.20. The number of anilines is 1. The van der Waals surface area contributed by atoms with Gasteiger partial charge in [0.2, 0.25) is 0 Å². The first-order chi connectivity index (χ1) is 6.79. The Morgan fingerprint density at radius 1 is 1.43 bits per heavy atom. The van der Waals surface area contributed by atoms with Gasteiger partial charge in [0.05, 0.1) is 11.9 Å². The van der Waals surface area contributed by atoms with Crippen LogP contribution in [0.15, 0.2) is 12.4 Å². The highest BCUT2D eigenvalue weighted by Gasteiger charge is 2.18. The van der Waals surface area contributed by atoms with E-state index in [4.69, 9.17) is 0 Å². The summed E-state index contributed by atoms with van der Waals surface area (Å²) in [5.41, 5.74) is 1.25. The summed E-state index contributed by atoms with van der Waals surface area (Å²) in [5, 5.41) is 7.52. The Bertz CT molecular complexity index is 286. The van der Waals surface area contributed by atoms with Gasteiger partial charge in [0.1, 0.15) is 0 Å². The van der Waals surface area contributed by atoms with Crippen LogP contribution in [0.3, 0.4) is 0 Å². The zero-order valence-corrected chi connectivity index (χ0v) is 8.90. The van der Waals surface area contributed by atoms with Crippen molar-refractivity contribution < 1.29 is 0 Å². The van der Waals surface area contributed by atoms with Crippen molar-refractivity contribution in [2.24, 2.45) is 7.05 Å². The average Bonchev–Trinajstić information content (AvgIpc) is 2.65. The normalized spacial score (nSPS) is 18.9. The Morgan fingerprint density at radius 3 is 2.64 bits per heavy atom. The van der Waals surface area contributed by atoms with Crippen LogP contribution in [-0.2, 0) is 7.05 Å². The molecule has 0 amide bonds. The van der Waals surface area contributed by atoms with E-state index in [1.807, 2.05) is 25.0 Å². The topological polar surface area (TPSA) is 33.1 Å². The molecule has 2 rings (SSSR count). The molecule has 0 bridgehead atoms. The molecule has 1 aromatic rings. The maximum absolute atomic E-state index is 4.19. The molecule has 78 valence electrons. The predicted octanol–water partition coefficient (Wildman–Crippen LogP) is 0.608. The van der Waals surface area contributed by atoms with Gasteiger partial charge >= 0.3 is 0 Å². The second-order valence-corrected chi connectivity index (χ2v) is 3.92. The fraction of sp³-hybridized carbons (Fsp3) is 0.700. The maximum Gasteiger partial charge on any atom is 0.0752 e. The van der Waals surface area contributed by atoms with Crippen LogP contribution in [-0.4, -0.2) is 36.0 Å². The Morgan fingerprint density at radius 2 is 2.14 bits per heavy atom. The fourth-order valence-corrected chi connectivity index (χ4v) is 2.00. The molecular weight excluding hydrogens is 176 g/mol. The van der Waals surface area contributed by atoms with E-state index in [9.17, 15) is 0 Å². The number of nitrogens with zero attached hydrogens (tertiary/aromatic N) is 3. The number of hydrogen-bond acceptors (Lipinski definition) is 3. The van der Waals surface area contributed by atoms with Gasteiger partial charge in [-0.1, -0.05) is 0 Å². The molecule has 4 heteroatoms. The minimum atomic E-state index is 0.697. The van der Waals surface area contributed by atoms with E-state index in [-0.39, 0.29) is 0 Å². The molecular formula is C10H18N4. The molecule has 2 heterocycles. The second kappa shape index (κ2) is 4.00. The lowest BCUT2D eigenvalue weighted by Gasteiger charge is -2.32. The molecule has 1 aliphatic rings. The third-order valence-electron chi connectivity index (χ3n) is 2.96. The van der Waals surface area contributed by atoms with Gasteiger partial charge < -0.3 is 10.2 Å². The molecule has 14 heavy (non-hydrogen) atoms. The molecule has 1 fully saturated rings. The Hall–Kier alpha value is -1.03. The zero-order chi connectivity index (χ0) is 9.97. The molecule has 0 saturated carbocycles. The van der Waals surface area contributed by atoms with E-state index in [1.165, 1.54) is 18.5 Å². The molecule has 0 spiro atoms. The number of hydrogen-bond donors (Lipinski definition) is 1. The molecule has 0 aromatic carbocycles. The van der Waals surface area contributed by atoms with Crippen LogP contribution >= 0.6 is 0 Å². The van der Waals surface area contributed by atoms with Crippen molar-refractivity contribution in [1.82, 2.24) is 15.1 Å². The predicted molar refractivity (Wildman–Crippen MR) is 57.5 cm³/mol. The summed E-state index contributed by atoms with van der Waals surface area (Å²) in [7, 11) is 4.01. The monoisotopic (exact) mass is 194 g/mol. The quantitative estimate of drug-likeness (QED) is 0.749. The minimum absolute atomic E-state index is 0.697. The van der Waals surface area contributed by atoms with Crippen molar-refractivity contribution in [1.29, 1.82) is 0 Å². The highest BCUT2D eigenvalue weighted by atomic mass is 15.3. The van der Waals surface area contributed by atoms with Crippen LogP contribution in [0.5, 0.6) is 0 Å². The van der Waals surface area contributed by atoms with Gasteiger partial charge in [0.25, 0.3) is 0 Å². The summed E-state index contributed by atoms with van der Waals surface area (Å²) in [6.07, 6.45) is 6.48. The molecule has 1 saturated heterocycles. The van der Waals surface area contributed by atoms with Gasteiger partial charge in [0, 0.05) is 32.4 Å². The van der Waals surface area contributed by atoms with E-state index in [1.54, 1.807) is 0 Å². The van der Waals surface area contributed by atoms with Crippen molar-refractivity contribution >= 4 is 5.69 Å². The van der Waals surface area contributed by atoms with Crippen molar-refractivity contribution in [2.45, 2.75) is 18.9 Å². The number of piperidine rings is 1. The van der Waals surface area contributed by atoms with Gasteiger partial charge in [-0.2, -0.15) is 5.10 Å². The van der Waals surface area contributed by atoms with E-state index in [0.717, 1.165) is 13.1 Å². The second-order valence-electron chi connectivity index (χ2n) is 3.92. The largest absolute Gasteiger partial charge is 0.369 e. The number of rotatable bonds is 2. The molecule has 1 aliphatic heterocycles. The Labute approximate surface area is 84.9 Å². The first-order valence-electron chi connectivity index (χ1n) is 5.20. The smallest absolute Gasteiger partial charge is 0.0752 e. The van der Waals surface area contributed by atoms with Gasteiger partial charge in [0.15, 0.2) is 0 Å². The van der Waals surface area contributed by atoms with Crippen LogP contribution in [0.2, 0.25) is 0 Å². The van der Waals surface area contributed by atoms with Gasteiger partial charge in [-0.15, -0.1) is 0 Å². The lowest BCUT2D eigenvalue weighted by Crippen LogP contribution is -2.41. The number of nitrogens with one attached hydrogen (secondary N) is 1. The third-order valence-corrected chi connectivity index (χ3v) is 2.96. The Kier molecular flexibility index (Phi) is 2.72. The van der Waals surface area contributed by atoms with Crippen LogP contribution in [0.25, 0.3) is 0 Å². The van der Waals surface area contributed by atoms with E-state index in [2.05, 4.69) is 21.5 Å². The lowest BCUT2D eigenvalue weighted by molar-refractivity contribution is 0.442. The number of aromatic nitrogens is 2. The third kappa shape index (κ3) is 1.90. The fourth-order valence-electron chi connectivity index (χ4n) is 2.00. The average molecular weight is 194 g/mol. The molecule has 0 aliphatic carbocycles. The first kappa shape index (κ1) is 9.52. The summed E-state index contributed by atoms with van der Waals surface area (Å²) >= 11 is 0. The highest BCUT2D eigenvalue weighted by molar-refractivity contribution is 5.42. The van der Waals surface area contributed by atoms with Crippen LogP contribution in [0.4, 0.5) is 5.69 Å². The zero-order valence-electron chi connectivity index (χ0n) is 8.90. The maximum atomic E-state index is 4.19. The standard InChI is InChI=1S/C10H18N4/c1-11-9-3-5-14(6-4-9)10-7-12-13(2)8-10/h7-9,11H,3-6H2,1-2H3. The number of aryl methyl sites for hydroxylation is 1. The summed E-state index contributed by atoms with van der Waals surface area (Å²) in [4.78, 5) is 2.40. The molecule has 0 unspecified atom stereocenters. The summed E-state index contributed by atoms with van der Waals surface area (Å²) in [6, 6.07) is 0.697. The highest BCUT2D eigenvalue weighted by Crippen LogP contribution is 2.18. The SMILES string of the molecule is CNC1CCN(c2cnn(C)c2)CC1. The van der Waals surface area contributed by atoms with Crippen molar-refractivity contribution in [3.8, 4) is 0 Å². The van der Waals surface area contributed by atoms with Crippen LogP contribution < -0.4 is 10.2 Å². The minimum Gasteiger partial charge on any atom is -0.369 e. The van der Waals surface area contributed by atoms with E-state index >= 15 is 0 Å².